The minimum Gasteiger partial charge on any atom is -0.454 e. The van der Waals surface area contributed by atoms with Crippen molar-refractivity contribution < 1.29 is 14.1 Å². The summed E-state index contributed by atoms with van der Waals surface area (Å²) < 4.78 is 11.0. The molecule has 0 bridgehead atoms. The van der Waals surface area contributed by atoms with Crippen LogP contribution in [0.4, 0.5) is 0 Å². The lowest BCUT2D eigenvalue weighted by atomic mass is 10.1. The summed E-state index contributed by atoms with van der Waals surface area (Å²) in [7, 11) is 0. The van der Waals surface area contributed by atoms with E-state index in [1.165, 1.54) is 6.07 Å². The van der Waals surface area contributed by atoms with E-state index in [1.54, 1.807) is 18.2 Å². The standard InChI is InChI=1S/C17H18N4O5/c1-10(2)7-13-18-14(26-20-13)9-25-15(22)8-21-17(24)12-6-4-3-5-11(12)16(23)19-21/h3-6,10H,7-9H2,1-2H3,(H,19,23). The summed E-state index contributed by atoms with van der Waals surface area (Å²) in [6, 6.07) is 6.38. The van der Waals surface area contributed by atoms with Gasteiger partial charge in [-0.2, -0.15) is 4.98 Å². The molecule has 0 spiro atoms. The molecule has 0 atom stereocenters. The molecular weight excluding hydrogens is 340 g/mol. The molecule has 9 nitrogen and oxygen atoms in total. The van der Waals surface area contributed by atoms with E-state index in [0.717, 1.165) is 4.68 Å². The number of ether oxygens (including phenoxy) is 1. The second kappa shape index (κ2) is 7.34. The maximum atomic E-state index is 12.3. The average molecular weight is 358 g/mol. The minimum atomic E-state index is -0.707. The molecule has 1 N–H and O–H groups in total. The van der Waals surface area contributed by atoms with Crippen LogP contribution in [-0.4, -0.2) is 25.9 Å². The number of aromatic nitrogens is 4. The van der Waals surface area contributed by atoms with Gasteiger partial charge in [0.25, 0.3) is 17.0 Å². The number of benzene rings is 1. The molecule has 3 aromatic rings. The van der Waals surface area contributed by atoms with Gasteiger partial charge < -0.3 is 9.26 Å². The van der Waals surface area contributed by atoms with Crippen LogP contribution < -0.4 is 11.1 Å². The van der Waals surface area contributed by atoms with Gasteiger partial charge in [-0.05, 0) is 18.1 Å². The molecule has 0 aliphatic heterocycles. The molecule has 0 aliphatic rings. The Morgan fingerprint density at radius 2 is 2.00 bits per heavy atom. The van der Waals surface area contributed by atoms with Gasteiger partial charge >= 0.3 is 5.97 Å². The molecule has 26 heavy (non-hydrogen) atoms. The molecule has 2 aromatic heterocycles. The highest BCUT2D eigenvalue weighted by Gasteiger charge is 2.13. The third-order valence-corrected chi connectivity index (χ3v) is 3.63. The van der Waals surface area contributed by atoms with E-state index < -0.39 is 23.6 Å². The van der Waals surface area contributed by atoms with Crippen LogP contribution in [0, 0.1) is 5.92 Å². The molecular formula is C17H18N4O5. The third kappa shape index (κ3) is 3.88. The molecule has 2 heterocycles. The zero-order valence-electron chi connectivity index (χ0n) is 14.4. The van der Waals surface area contributed by atoms with Crippen molar-refractivity contribution in [3.8, 4) is 0 Å². The van der Waals surface area contributed by atoms with E-state index in [2.05, 4.69) is 15.2 Å². The van der Waals surface area contributed by atoms with Crippen molar-refractivity contribution in [2.75, 3.05) is 0 Å². The predicted molar refractivity (Wildman–Crippen MR) is 91.5 cm³/mol. The normalized spacial score (nSPS) is 11.2. The number of aromatic amines is 1. The zero-order valence-corrected chi connectivity index (χ0v) is 14.4. The van der Waals surface area contributed by atoms with Gasteiger partial charge in [0.05, 0.1) is 10.8 Å². The molecule has 136 valence electrons. The molecule has 0 amide bonds. The van der Waals surface area contributed by atoms with Crippen LogP contribution >= 0.6 is 0 Å². The van der Waals surface area contributed by atoms with Gasteiger partial charge in [0.1, 0.15) is 6.54 Å². The van der Waals surface area contributed by atoms with Crippen molar-refractivity contribution in [3.05, 3.63) is 56.7 Å². The highest BCUT2D eigenvalue weighted by Crippen LogP contribution is 2.06. The number of rotatable bonds is 6. The molecule has 0 radical (unpaired) electrons. The summed E-state index contributed by atoms with van der Waals surface area (Å²) in [6.07, 6.45) is 0.658. The van der Waals surface area contributed by atoms with Crippen LogP contribution in [0.1, 0.15) is 25.6 Å². The monoisotopic (exact) mass is 358 g/mol. The van der Waals surface area contributed by atoms with Crippen molar-refractivity contribution in [2.24, 2.45) is 5.92 Å². The number of hydrogen-bond donors (Lipinski definition) is 1. The number of esters is 1. The van der Waals surface area contributed by atoms with Gasteiger partial charge in [0, 0.05) is 6.42 Å². The van der Waals surface area contributed by atoms with Crippen LogP contribution in [0.2, 0.25) is 0 Å². The molecule has 1 aromatic carbocycles. The lowest BCUT2D eigenvalue weighted by Gasteiger charge is -2.06. The van der Waals surface area contributed by atoms with E-state index in [-0.39, 0.29) is 23.3 Å². The number of carbonyl (C=O) groups excluding carboxylic acids is 1. The quantitative estimate of drug-likeness (QED) is 0.653. The topological polar surface area (TPSA) is 120 Å². The van der Waals surface area contributed by atoms with E-state index in [1.807, 2.05) is 13.8 Å². The fourth-order valence-electron chi connectivity index (χ4n) is 2.47. The predicted octanol–water partition coefficient (Wildman–Crippen LogP) is 1.01. The van der Waals surface area contributed by atoms with Gasteiger partial charge in [-0.15, -0.1) is 0 Å². The van der Waals surface area contributed by atoms with Gasteiger partial charge in [-0.1, -0.05) is 31.1 Å². The first kappa shape index (κ1) is 17.6. The summed E-state index contributed by atoms with van der Waals surface area (Å²) in [4.78, 5) is 40.4. The third-order valence-electron chi connectivity index (χ3n) is 3.63. The van der Waals surface area contributed by atoms with Crippen LogP contribution in [0.25, 0.3) is 10.8 Å². The lowest BCUT2D eigenvalue weighted by molar-refractivity contribution is -0.146. The number of fused-ring (bicyclic) bond motifs is 1. The highest BCUT2D eigenvalue weighted by atomic mass is 16.6. The van der Waals surface area contributed by atoms with Crippen LogP contribution in [0.15, 0.2) is 38.4 Å². The Balaban J connectivity index is 1.68. The number of nitrogens with zero attached hydrogens (tertiary/aromatic N) is 3. The fraction of sp³-hybridized carbons (Fsp3) is 0.353. The van der Waals surface area contributed by atoms with Crippen molar-refractivity contribution in [1.82, 2.24) is 19.9 Å². The Kier molecular flexibility index (Phi) is 4.97. The molecule has 0 saturated heterocycles. The number of hydrogen-bond acceptors (Lipinski definition) is 7. The SMILES string of the molecule is CC(C)Cc1noc(COC(=O)Cn2[nH]c(=O)c3ccccc3c2=O)n1. The van der Waals surface area contributed by atoms with Gasteiger partial charge in [-0.25, -0.2) is 4.68 Å². The van der Waals surface area contributed by atoms with Crippen LogP contribution in [0.3, 0.4) is 0 Å². The summed E-state index contributed by atoms with van der Waals surface area (Å²) >= 11 is 0. The molecule has 0 unspecified atom stereocenters. The second-order valence-electron chi connectivity index (χ2n) is 6.24. The summed E-state index contributed by atoms with van der Waals surface area (Å²) in [5.74, 6) is 0.385. The molecule has 9 heteroatoms. The zero-order chi connectivity index (χ0) is 18.7. The fourth-order valence-corrected chi connectivity index (χ4v) is 2.47. The smallest absolute Gasteiger partial charge is 0.328 e. The van der Waals surface area contributed by atoms with Crippen molar-refractivity contribution in [1.29, 1.82) is 0 Å². The Morgan fingerprint density at radius 3 is 2.73 bits per heavy atom. The molecule has 3 rings (SSSR count). The Labute approximate surface area is 147 Å². The largest absolute Gasteiger partial charge is 0.454 e. The first-order valence-corrected chi connectivity index (χ1v) is 8.13. The van der Waals surface area contributed by atoms with Crippen molar-refractivity contribution in [2.45, 2.75) is 33.4 Å². The van der Waals surface area contributed by atoms with Gasteiger partial charge in [0.15, 0.2) is 12.4 Å². The van der Waals surface area contributed by atoms with E-state index in [4.69, 9.17) is 9.26 Å². The molecule has 0 aliphatic carbocycles. The van der Waals surface area contributed by atoms with E-state index >= 15 is 0 Å². The second-order valence-corrected chi connectivity index (χ2v) is 6.24. The lowest BCUT2D eigenvalue weighted by Crippen LogP contribution is -2.32. The minimum absolute atomic E-state index is 0.174. The van der Waals surface area contributed by atoms with Crippen molar-refractivity contribution >= 4 is 16.7 Å². The summed E-state index contributed by atoms with van der Waals surface area (Å²) in [5, 5.41) is 6.67. The maximum absolute atomic E-state index is 12.3. The summed E-state index contributed by atoms with van der Waals surface area (Å²) in [5.41, 5.74) is -0.933. The van der Waals surface area contributed by atoms with Crippen LogP contribution in [-0.2, 0) is 29.1 Å². The number of nitrogens with one attached hydrogen (secondary N) is 1. The molecule has 0 saturated carbocycles. The van der Waals surface area contributed by atoms with E-state index in [9.17, 15) is 14.4 Å². The van der Waals surface area contributed by atoms with E-state index in [0.29, 0.717) is 18.2 Å². The number of carbonyl (C=O) groups is 1. The Morgan fingerprint density at radius 1 is 1.27 bits per heavy atom. The highest BCUT2D eigenvalue weighted by molar-refractivity contribution is 5.80. The van der Waals surface area contributed by atoms with Crippen LogP contribution in [0.5, 0.6) is 0 Å². The van der Waals surface area contributed by atoms with Crippen molar-refractivity contribution in [3.63, 3.8) is 0 Å². The Hall–Kier alpha value is -3.23. The Bertz CT molecular complexity index is 1050. The first-order valence-electron chi connectivity index (χ1n) is 8.13. The molecule has 0 fully saturated rings. The first-order chi connectivity index (χ1) is 12.4. The average Bonchev–Trinajstić information content (AvgIpc) is 3.04. The van der Waals surface area contributed by atoms with Gasteiger partial charge in [-0.3, -0.25) is 19.5 Å². The maximum Gasteiger partial charge on any atom is 0.328 e. The summed E-state index contributed by atoms with van der Waals surface area (Å²) in [6.45, 7) is 3.43. The van der Waals surface area contributed by atoms with Gasteiger partial charge in [0.2, 0.25) is 0 Å². The number of H-pyrrole nitrogens is 1.